The molecule has 0 fully saturated rings. The first-order valence-electron chi connectivity index (χ1n) is 11.2. The number of aryl methyl sites for hydroxylation is 1. The van der Waals surface area contributed by atoms with Gasteiger partial charge in [0.1, 0.15) is 5.65 Å². The summed E-state index contributed by atoms with van der Waals surface area (Å²) in [5, 5.41) is 5.60. The molecule has 172 valence electrons. The van der Waals surface area contributed by atoms with Crippen LogP contribution >= 0.6 is 11.6 Å². The first-order chi connectivity index (χ1) is 16.5. The lowest BCUT2D eigenvalue weighted by atomic mass is 10.0. The molecule has 4 heterocycles. The van der Waals surface area contributed by atoms with Crippen LogP contribution in [0.4, 0.5) is 0 Å². The highest BCUT2D eigenvalue weighted by Crippen LogP contribution is 2.20. The highest BCUT2D eigenvalue weighted by Gasteiger charge is 2.10. The largest absolute Gasteiger partial charge is 0.348 e. The Balaban J connectivity index is 0.00000133. The zero-order valence-electron chi connectivity index (χ0n) is 19.4. The minimum atomic E-state index is -0.141. The Hall–Kier alpha value is -3.77. The third kappa shape index (κ3) is 5.24. The van der Waals surface area contributed by atoms with Crippen LogP contribution in [0.15, 0.2) is 67.3 Å². The van der Waals surface area contributed by atoms with E-state index in [2.05, 4.69) is 37.4 Å². The number of hydrogen-bond donors (Lipinski definition) is 2. The number of carbonyl (C=O) groups is 1. The normalized spacial score (nSPS) is 10.7. The quantitative estimate of drug-likeness (QED) is 0.328. The van der Waals surface area contributed by atoms with E-state index in [0.717, 1.165) is 44.3 Å². The van der Waals surface area contributed by atoms with Gasteiger partial charge in [-0.1, -0.05) is 31.5 Å². The van der Waals surface area contributed by atoms with Crippen molar-refractivity contribution in [1.82, 2.24) is 25.3 Å². The van der Waals surface area contributed by atoms with Crippen molar-refractivity contribution >= 4 is 39.4 Å². The number of fused-ring (bicyclic) bond motifs is 2. The van der Waals surface area contributed by atoms with E-state index in [4.69, 9.17) is 11.6 Å². The number of amides is 1. The summed E-state index contributed by atoms with van der Waals surface area (Å²) in [6.07, 6.45) is 7.62. The number of nitrogens with zero attached hydrogens (tertiary/aromatic N) is 3. The molecule has 1 amide bonds. The molecule has 5 rings (SSSR count). The van der Waals surface area contributed by atoms with Crippen molar-refractivity contribution in [2.75, 3.05) is 0 Å². The van der Waals surface area contributed by atoms with E-state index in [9.17, 15) is 4.79 Å². The van der Waals surface area contributed by atoms with E-state index >= 15 is 0 Å². The maximum atomic E-state index is 12.8. The number of carbonyl (C=O) groups excluding carboxylic acids is 1. The van der Waals surface area contributed by atoms with Crippen molar-refractivity contribution in [3.8, 4) is 0 Å². The van der Waals surface area contributed by atoms with Crippen LogP contribution in [0.1, 0.15) is 46.6 Å². The third-order valence-electron chi connectivity index (χ3n) is 5.37. The number of rotatable bonds is 5. The number of nitrogens with one attached hydrogen (secondary N) is 2. The Morgan fingerprint density at radius 1 is 1.03 bits per heavy atom. The minimum absolute atomic E-state index is 0.141. The number of H-pyrrole nitrogens is 1. The molecule has 1 aromatic carbocycles. The molecule has 0 saturated heterocycles. The summed E-state index contributed by atoms with van der Waals surface area (Å²) < 4.78 is 0. The number of hydrogen-bond acceptors (Lipinski definition) is 4. The van der Waals surface area contributed by atoms with Gasteiger partial charge in [-0.15, -0.1) is 0 Å². The molecule has 7 heteroatoms. The molecule has 0 unspecified atom stereocenters. The Labute approximate surface area is 203 Å². The van der Waals surface area contributed by atoms with Crippen molar-refractivity contribution in [1.29, 1.82) is 0 Å². The van der Waals surface area contributed by atoms with Gasteiger partial charge in [0.25, 0.3) is 5.91 Å². The summed E-state index contributed by atoms with van der Waals surface area (Å²) in [7, 11) is 0. The van der Waals surface area contributed by atoms with E-state index in [1.165, 1.54) is 0 Å². The number of pyridine rings is 3. The molecule has 4 aromatic heterocycles. The van der Waals surface area contributed by atoms with Gasteiger partial charge in [0.2, 0.25) is 0 Å². The molecule has 34 heavy (non-hydrogen) atoms. The predicted molar refractivity (Wildman–Crippen MR) is 137 cm³/mol. The van der Waals surface area contributed by atoms with Crippen LogP contribution < -0.4 is 5.32 Å². The van der Waals surface area contributed by atoms with Crippen molar-refractivity contribution in [3.05, 3.63) is 100 Å². The zero-order valence-corrected chi connectivity index (χ0v) is 20.1. The average Bonchev–Trinajstić information content (AvgIpc) is 3.25. The van der Waals surface area contributed by atoms with Crippen LogP contribution in [0, 0.1) is 6.92 Å². The highest BCUT2D eigenvalue weighted by molar-refractivity contribution is 6.31. The van der Waals surface area contributed by atoms with Gasteiger partial charge in [-0.2, -0.15) is 0 Å². The summed E-state index contributed by atoms with van der Waals surface area (Å²) in [5.74, 6) is -0.141. The Morgan fingerprint density at radius 3 is 2.74 bits per heavy atom. The molecule has 0 bridgehead atoms. The second kappa shape index (κ2) is 10.4. The van der Waals surface area contributed by atoms with Crippen LogP contribution in [0.25, 0.3) is 21.9 Å². The number of halogens is 1. The molecular formula is C27H26ClN5O. The minimum Gasteiger partial charge on any atom is -0.348 e. The lowest BCUT2D eigenvalue weighted by Crippen LogP contribution is -2.23. The maximum Gasteiger partial charge on any atom is 0.251 e. The first-order valence-corrected chi connectivity index (χ1v) is 11.6. The molecule has 0 aliphatic carbocycles. The first kappa shape index (κ1) is 23.4. The van der Waals surface area contributed by atoms with Gasteiger partial charge in [0.05, 0.1) is 10.5 Å². The van der Waals surface area contributed by atoms with Gasteiger partial charge >= 0.3 is 0 Å². The van der Waals surface area contributed by atoms with Gasteiger partial charge in [0.15, 0.2) is 0 Å². The van der Waals surface area contributed by atoms with E-state index in [1.807, 2.05) is 57.4 Å². The third-order valence-corrected chi connectivity index (χ3v) is 5.58. The van der Waals surface area contributed by atoms with Gasteiger partial charge in [-0.25, -0.2) is 4.98 Å². The molecule has 6 nitrogen and oxygen atoms in total. The molecule has 2 N–H and O–H groups in total. The molecule has 0 saturated carbocycles. The molecule has 0 aliphatic rings. The second-order valence-corrected chi connectivity index (χ2v) is 8.24. The summed E-state index contributed by atoms with van der Waals surface area (Å²) in [6.45, 7) is 6.42. The Kier molecular flexibility index (Phi) is 7.18. The van der Waals surface area contributed by atoms with Gasteiger partial charge < -0.3 is 10.3 Å². The van der Waals surface area contributed by atoms with Gasteiger partial charge in [-0.3, -0.25) is 14.8 Å². The highest BCUT2D eigenvalue weighted by atomic mass is 35.5. The summed E-state index contributed by atoms with van der Waals surface area (Å²) in [5.41, 5.74) is 6.26. The summed E-state index contributed by atoms with van der Waals surface area (Å²) in [4.78, 5) is 29.1. The van der Waals surface area contributed by atoms with Gasteiger partial charge in [-0.05, 0) is 60.0 Å². The van der Waals surface area contributed by atoms with E-state index in [-0.39, 0.29) is 5.91 Å². The molecule has 5 aromatic rings. The number of aromatic nitrogens is 4. The van der Waals surface area contributed by atoms with Crippen LogP contribution in [0.2, 0.25) is 5.02 Å². The summed E-state index contributed by atoms with van der Waals surface area (Å²) in [6, 6.07) is 13.6. The van der Waals surface area contributed by atoms with Crippen LogP contribution in [-0.2, 0) is 13.0 Å². The molecule has 0 atom stereocenters. The van der Waals surface area contributed by atoms with E-state index in [1.54, 1.807) is 18.5 Å². The summed E-state index contributed by atoms with van der Waals surface area (Å²) >= 11 is 6.07. The fourth-order valence-electron chi connectivity index (χ4n) is 3.78. The number of aromatic amines is 1. The second-order valence-electron chi connectivity index (χ2n) is 7.80. The number of benzene rings is 1. The van der Waals surface area contributed by atoms with Crippen molar-refractivity contribution in [3.63, 3.8) is 0 Å². The monoisotopic (exact) mass is 471 g/mol. The van der Waals surface area contributed by atoms with Crippen LogP contribution in [-0.4, -0.2) is 25.8 Å². The Morgan fingerprint density at radius 2 is 1.88 bits per heavy atom. The SMILES string of the molecule is CC.Cc1cnc2[nH]cc(CNC(=O)c3ccnc(Cc4ccc5ncc(Cl)cc5c4)c3)c2c1. The average molecular weight is 472 g/mol. The molecule has 0 radical (unpaired) electrons. The maximum absolute atomic E-state index is 12.8. The van der Waals surface area contributed by atoms with Crippen molar-refractivity contribution < 1.29 is 4.79 Å². The molecule has 0 aliphatic heterocycles. The van der Waals surface area contributed by atoms with E-state index in [0.29, 0.717) is 23.6 Å². The lowest BCUT2D eigenvalue weighted by molar-refractivity contribution is 0.0951. The zero-order chi connectivity index (χ0) is 24.1. The predicted octanol–water partition coefficient (Wildman–Crippen LogP) is 6.01. The van der Waals surface area contributed by atoms with Crippen LogP contribution in [0.5, 0.6) is 0 Å². The molecular weight excluding hydrogens is 446 g/mol. The van der Waals surface area contributed by atoms with E-state index < -0.39 is 0 Å². The van der Waals surface area contributed by atoms with Crippen molar-refractivity contribution in [2.24, 2.45) is 0 Å². The lowest BCUT2D eigenvalue weighted by Gasteiger charge is -2.07. The fourth-order valence-corrected chi connectivity index (χ4v) is 3.94. The fraction of sp³-hybridized carbons (Fsp3) is 0.185. The van der Waals surface area contributed by atoms with Gasteiger partial charge in [0, 0.05) is 59.8 Å². The topological polar surface area (TPSA) is 83.6 Å². The molecule has 0 spiro atoms. The Bertz CT molecular complexity index is 1460. The standard InChI is InChI=1S/C25H20ClN5O.C2H6/c1-15-6-22-19(12-30-24(22)29-11-15)13-31-25(32)17-4-5-27-21(10-17)8-16-2-3-23-18(7-16)9-20(26)14-28-23;1-2/h2-7,9-12,14H,8,13H2,1H3,(H,29,30)(H,31,32);1-2H3. The van der Waals surface area contributed by atoms with Crippen LogP contribution in [0.3, 0.4) is 0 Å². The van der Waals surface area contributed by atoms with Crippen molar-refractivity contribution in [2.45, 2.75) is 33.7 Å². The smallest absolute Gasteiger partial charge is 0.251 e.